The van der Waals surface area contributed by atoms with Gasteiger partial charge in [-0.2, -0.15) is 0 Å². The Hall–Kier alpha value is -0.960. The summed E-state index contributed by atoms with van der Waals surface area (Å²) < 4.78 is 19.3. The van der Waals surface area contributed by atoms with E-state index in [0.29, 0.717) is 5.69 Å². The fourth-order valence-electron chi connectivity index (χ4n) is 3.37. The van der Waals surface area contributed by atoms with Gasteiger partial charge in [0.25, 0.3) is 0 Å². The Balaban J connectivity index is 0.00000338. The third-order valence-corrected chi connectivity index (χ3v) is 4.84. The number of rotatable bonds is 9. The van der Waals surface area contributed by atoms with E-state index >= 15 is 0 Å². The van der Waals surface area contributed by atoms with Gasteiger partial charge < -0.3 is 15.4 Å². The van der Waals surface area contributed by atoms with E-state index in [-0.39, 0.29) is 41.8 Å². The molecule has 1 aromatic heterocycles. The van der Waals surface area contributed by atoms with Crippen molar-refractivity contribution in [3.8, 4) is 0 Å². The summed E-state index contributed by atoms with van der Waals surface area (Å²) >= 11 is 0. The van der Waals surface area contributed by atoms with Crippen LogP contribution in [0, 0.1) is 11.2 Å². The maximum absolute atomic E-state index is 13.7. The van der Waals surface area contributed by atoms with Crippen molar-refractivity contribution in [3.63, 3.8) is 0 Å². The van der Waals surface area contributed by atoms with Crippen molar-refractivity contribution >= 4 is 29.9 Å². The molecule has 0 aliphatic heterocycles. The van der Waals surface area contributed by atoms with Crippen LogP contribution in [0.25, 0.3) is 0 Å². The smallest absolute Gasteiger partial charge is 0.191 e. The standard InChI is InChI=1S/C19H31FN4O.HI/c1-3-21-18(23-14-17-16(20)8-7-12-22-17)24-15-19(9-5-6-10-19)11-13-25-4-2;/h7-8,12H,3-6,9-11,13-15H2,1-2H3,(H2,21,23,24);1H. The Bertz CT molecular complexity index is 550. The molecule has 0 bridgehead atoms. The van der Waals surface area contributed by atoms with E-state index in [4.69, 9.17) is 4.74 Å². The minimum Gasteiger partial charge on any atom is -0.382 e. The van der Waals surface area contributed by atoms with Crippen molar-refractivity contribution in [1.82, 2.24) is 15.6 Å². The molecule has 7 heteroatoms. The summed E-state index contributed by atoms with van der Waals surface area (Å²) in [4.78, 5) is 8.55. The van der Waals surface area contributed by atoms with Gasteiger partial charge in [-0.25, -0.2) is 9.38 Å². The summed E-state index contributed by atoms with van der Waals surface area (Å²) in [6.07, 6.45) is 7.67. The van der Waals surface area contributed by atoms with Crippen LogP contribution in [-0.2, 0) is 11.3 Å². The normalized spacial score (nSPS) is 16.2. The van der Waals surface area contributed by atoms with Crippen molar-refractivity contribution < 1.29 is 9.13 Å². The lowest BCUT2D eigenvalue weighted by atomic mass is 9.83. The minimum absolute atomic E-state index is 0. The van der Waals surface area contributed by atoms with Crippen LogP contribution in [0.4, 0.5) is 4.39 Å². The molecule has 0 spiro atoms. The number of ether oxygens (including phenoxy) is 1. The van der Waals surface area contributed by atoms with Gasteiger partial charge in [-0.3, -0.25) is 4.98 Å². The third kappa shape index (κ3) is 7.34. The molecule has 0 amide bonds. The second kappa shape index (κ2) is 12.4. The van der Waals surface area contributed by atoms with Crippen LogP contribution in [0.3, 0.4) is 0 Å². The summed E-state index contributed by atoms with van der Waals surface area (Å²) in [6, 6.07) is 3.01. The summed E-state index contributed by atoms with van der Waals surface area (Å²) in [5.74, 6) is 0.404. The molecular formula is C19H32FIN4O. The Morgan fingerprint density at radius 1 is 1.31 bits per heavy atom. The zero-order valence-electron chi connectivity index (χ0n) is 15.9. The molecule has 2 N–H and O–H groups in total. The molecule has 1 aliphatic carbocycles. The van der Waals surface area contributed by atoms with E-state index in [0.717, 1.165) is 38.7 Å². The Kier molecular flexibility index (Phi) is 11.0. The zero-order valence-corrected chi connectivity index (χ0v) is 18.2. The van der Waals surface area contributed by atoms with Gasteiger partial charge >= 0.3 is 0 Å². The van der Waals surface area contributed by atoms with Gasteiger partial charge in [0.05, 0.1) is 12.2 Å². The van der Waals surface area contributed by atoms with Gasteiger partial charge in [0, 0.05) is 32.5 Å². The van der Waals surface area contributed by atoms with Crippen LogP contribution in [0.2, 0.25) is 0 Å². The van der Waals surface area contributed by atoms with Gasteiger partial charge in [-0.05, 0) is 50.7 Å². The van der Waals surface area contributed by atoms with E-state index < -0.39 is 0 Å². The summed E-state index contributed by atoms with van der Waals surface area (Å²) in [5, 5.41) is 6.69. The molecule has 0 radical (unpaired) electrons. The van der Waals surface area contributed by atoms with Gasteiger partial charge in [-0.15, -0.1) is 24.0 Å². The number of nitrogens with one attached hydrogen (secondary N) is 2. The number of hydrogen-bond donors (Lipinski definition) is 2. The van der Waals surface area contributed by atoms with E-state index in [9.17, 15) is 4.39 Å². The van der Waals surface area contributed by atoms with Crippen molar-refractivity contribution in [2.75, 3.05) is 26.3 Å². The number of aliphatic imine (C=N–C) groups is 1. The highest BCUT2D eigenvalue weighted by atomic mass is 127. The van der Waals surface area contributed by atoms with Crippen LogP contribution in [0.15, 0.2) is 23.3 Å². The topological polar surface area (TPSA) is 58.5 Å². The molecule has 1 heterocycles. The lowest BCUT2D eigenvalue weighted by Gasteiger charge is -2.30. The maximum atomic E-state index is 13.7. The number of aromatic nitrogens is 1. The Morgan fingerprint density at radius 3 is 2.73 bits per heavy atom. The molecule has 0 unspecified atom stereocenters. The monoisotopic (exact) mass is 478 g/mol. The lowest BCUT2D eigenvalue weighted by Crippen LogP contribution is -2.43. The zero-order chi connectivity index (χ0) is 18.0. The van der Waals surface area contributed by atoms with Crippen LogP contribution in [0.5, 0.6) is 0 Å². The molecule has 1 aliphatic rings. The van der Waals surface area contributed by atoms with Gasteiger partial charge in [0.15, 0.2) is 5.96 Å². The number of pyridine rings is 1. The molecule has 2 rings (SSSR count). The molecule has 1 aromatic rings. The molecule has 5 nitrogen and oxygen atoms in total. The molecule has 1 fully saturated rings. The van der Waals surface area contributed by atoms with Crippen molar-refractivity contribution in [2.24, 2.45) is 10.4 Å². The number of nitrogens with zero attached hydrogens (tertiary/aromatic N) is 2. The molecule has 0 aromatic carbocycles. The fraction of sp³-hybridized carbons (Fsp3) is 0.684. The largest absolute Gasteiger partial charge is 0.382 e. The van der Waals surface area contributed by atoms with Crippen LogP contribution < -0.4 is 10.6 Å². The second-order valence-electron chi connectivity index (χ2n) is 6.63. The summed E-state index contributed by atoms with van der Waals surface area (Å²) in [6.45, 7) is 7.51. The molecule has 148 valence electrons. The highest BCUT2D eigenvalue weighted by molar-refractivity contribution is 14.0. The van der Waals surface area contributed by atoms with Crippen molar-refractivity contribution in [2.45, 2.75) is 52.5 Å². The predicted octanol–water partition coefficient (Wildman–Crippen LogP) is 3.88. The van der Waals surface area contributed by atoms with Gasteiger partial charge in [-0.1, -0.05) is 12.8 Å². The SMILES string of the molecule is CCNC(=NCc1ncccc1F)NCC1(CCOCC)CCCC1.I. The molecule has 0 atom stereocenters. The highest BCUT2D eigenvalue weighted by Crippen LogP contribution is 2.40. The minimum atomic E-state index is -0.314. The molecule has 26 heavy (non-hydrogen) atoms. The number of guanidine groups is 1. The van der Waals surface area contributed by atoms with E-state index in [1.807, 2.05) is 13.8 Å². The number of halogens is 2. The highest BCUT2D eigenvalue weighted by Gasteiger charge is 2.33. The first kappa shape index (κ1) is 23.1. The Labute approximate surface area is 173 Å². The lowest BCUT2D eigenvalue weighted by molar-refractivity contribution is 0.105. The van der Waals surface area contributed by atoms with E-state index in [1.54, 1.807) is 12.3 Å². The fourth-order valence-corrected chi connectivity index (χ4v) is 3.37. The first-order chi connectivity index (χ1) is 12.2. The van der Waals surface area contributed by atoms with E-state index in [1.165, 1.54) is 31.7 Å². The van der Waals surface area contributed by atoms with Crippen molar-refractivity contribution in [3.05, 3.63) is 29.8 Å². The summed E-state index contributed by atoms with van der Waals surface area (Å²) in [5.41, 5.74) is 0.647. The average Bonchev–Trinajstić information content (AvgIpc) is 3.08. The van der Waals surface area contributed by atoms with Gasteiger partial charge in [0.2, 0.25) is 0 Å². The van der Waals surface area contributed by atoms with Crippen LogP contribution in [-0.4, -0.2) is 37.2 Å². The molecular weight excluding hydrogens is 446 g/mol. The third-order valence-electron chi connectivity index (χ3n) is 4.84. The van der Waals surface area contributed by atoms with Gasteiger partial charge in [0.1, 0.15) is 5.82 Å². The quantitative estimate of drug-likeness (QED) is 0.245. The molecule has 1 saturated carbocycles. The van der Waals surface area contributed by atoms with Crippen molar-refractivity contribution in [1.29, 1.82) is 0 Å². The average molecular weight is 478 g/mol. The van der Waals surface area contributed by atoms with Crippen LogP contribution >= 0.6 is 24.0 Å². The summed E-state index contributed by atoms with van der Waals surface area (Å²) in [7, 11) is 0. The van der Waals surface area contributed by atoms with Crippen LogP contribution in [0.1, 0.15) is 51.6 Å². The first-order valence-electron chi connectivity index (χ1n) is 9.38. The predicted molar refractivity (Wildman–Crippen MR) is 114 cm³/mol. The Morgan fingerprint density at radius 2 is 2.08 bits per heavy atom. The molecule has 0 saturated heterocycles. The first-order valence-corrected chi connectivity index (χ1v) is 9.38. The number of hydrogen-bond acceptors (Lipinski definition) is 3. The maximum Gasteiger partial charge on any atom is 0.191 e. The van der Waals surface area contributed by atoms with E-state index in [2.05, 4.69) is 20.6 Å². The second-order valence-corrected chi connectivity index (χ2v) is 6.63.